The number of hydrogen-bond donors (Lipinski definition) is 1. The van der Waals surface area contributed by atoms with Gasteiger partial charge in [0.15, 0.2) is 0 Å². The van der Waals surface area contributed by atoms with Gasteiger partial charge in [-0.2, -0.15) is 0 Å². The molecule has 0 aliphatic heterocycles. The van der Waals surface area contributed by atoms with Gasteiger partial charge in [-0.05, 0) is 44.9 Å². The lowest BCUT2D eigenvalue weighted by Gasteiger charge is -2.19. The minimum Gasteiger partial charge on any atom is -0.444 e. The number of alkyl carbamates (subject to hydrolysis) is 1. The van der Waals surface area contributed by atoms with Crippen LogP contribution in [-0.2, 0) is 4.74 Å². The number of rotatable bonds is 4. The number of ether oxygens (including phenoxy) is 1. The third kappa shape index (κ3) is 6.96. The van der Waals surface area contributed by atoms with E-state index >= 15 is 0 Å². The van der Waals surface area contributed by atoms with Crippen LogP contribution in [0.3, 0.4) is 0 Å². The lowest BCUT2D eigenvalue weighted by molar-refractivity contribution is 0.0529. The Hall–Kier alpha value is -1.000. The van der Waals surface area contributed by atoms with Crippen LogP contribution in [0.1, 0.15) is 32.8 Å². The zero-order valence-corrected chi connectivity index (χ0v) is 14.2. The minimum absolute atomic E-state index is 0.390. The maximum Gasteiger partial charge on any atom is 0.407 e. The first-order valence-corrected chi connectivity index (χ1v) is 7.53. The van der Waals surface area contributed by atoms with Crippen molar-refractivity contribution in [2.24, 2.45) is 0 Å². The first-order chi connectivity index (χ1) is 9.28. The van der Waals surface area contributed by atoms with Gasteiger partial charge in [0.2, 0.25) is 0 Å². The van der Waals surface area contributed by atoms with Crippen LogP contribution in [0.15, 0.2) is 28.7 Å². The molecular formula is C15H19BrClNO2. The fourth-order valence-electron chi connectivity index (χ4n) is 1.42. The smallest absolute Gasteiger partial charge is 0.407 e. The summed E-state index contributed by atoms with van der Waals surface area (Å²) in [6, 6.07) is 5.62. The highest BCUT2D eigenvalue weighted by atomic mass is 79.9. The molecule has 0 bridgehead atoms. The first kappa shape index (κ1) is 17.1. The van der Waals surface area contributed by atoms with E-state index in [0.717, 1.165) is 16.5 Å². The van der Waals surface area contributed by atoms with Crippen molar-refractivity contribution < 1.29 is 9.53 Å². The highest BCUT2D eigenvalue weighted by Gasteiger charge is 2.15. The number of nitrogens with one attached hydrogen (secondary N) is 1. The van der Waals surface area contributed by atoms with E-state index in [1.807, 2.05) is 51.1 Å². The van der Waals surface area contributed by atoms with Crippen LogP contribution in [0.25, 0.3) is 6.08 Å². The van der Waals surface area contributed by atoms with E-state index in [1.54, 1.807) is 0 Å². The monoisotopic (exact) mass is 359 g/mol. The molecule has 5 heteroatoms. The van der Waals surface area contributed by atoms with Crippen LogP contribution in [0.4, 0.5) is 4.79 Å². The fourth-order valence-corrected chi connectivity index (χ4v) is 2.23. The van der Waals surface area contributed by atoms with Crippen molar-refractivity contribution in [2.75, 3.05) is 6.54 Å². The summed E-state index contributed by atoms with van der Waals surface area (Å²) in [5.74, 6) is 0. The molecule has 0 heterocycles. The largest absolute Gasteiger partial charge is 0.444 e. The van der Waals surface area contributed by atoms with Gasteiger partial charge in [0.1, 0.15) is 5.60 Å². The van der Waals surface area contributed by atoms with Crippen LogP contribution in [-0.4, -0.2) is 18.2 Å². The Morgan fingerprint density at radius 1 is 1.45 bits per heavy atom. The molecule has 0 aliphatic rings. The summed E-state index contributed by atoms with van der Waals surface area (Å²) in [6.07, 6.45) is 4.32. The summed E-state index contributed by atoms with van der Waals surface area (Å²) in [5.41, 5.74) is 0.584. The van der Waals surface area contributed by atoms with Crippen LogP contribution in [0, 0.1) is 0 Å². The lowest BCUT2D eigenvalue weighted by Crippen LogP contribution is -2.32. The van der Waals surface area contributed by atoms with Crippen molar-refractivity contribution in [2.45, 2.75) is 32.8 Å². The van der Waals surface area contributed by atoms with Gasteiger partial charge in [0.05, 0.1) is 0 Å². The Morgan fingerprint density at radius 3 is 2.75 bits per heavy atom. The molecule has 0 aromatic heterocycles. The topological polar surface area (TPSA) is 38.3 Å². The van der Waals surface area contributed by atoms with Gasteiger partial charge in [-0.1, -0.05) is 45.7 Å². The third-order valence-corrected chi connectivity index (χ3v) is 3.16. The maximum absolute atomic E-state index is 11.4. The lowest BCUT2D eigenvalue weighted by atomic mass is 10.2. The molecule has 1 aromatic rings. The van der Waals surface area contributed by atoms with E-state index in [4.69, 9.17) is 16.3 Å². The van der Waals surface area contributed by atoms with E-state index in [-0.39, 0.29) is 0 Å². The van der Waals surface area contributed by atoms with Gasteiger partial charge in [0, 0.05) is 16.0 Å². The van der Waals surface area contributed by atoms with Gasteiger partial charge in [-0.3, -0.25) is 0 Å². The molecule has 0 saturated heterocycles. The zero-order chi connectivity index (χ0) is 15.2. The zero-order valence-electron chi connectivity index (χ0n) is 11.9. The Morgan fingerprint density at radius 2 is 2.15 bits per heavy atom. The van der Waals surface area contributed by atoms with Gasteiger partial charge in [-0.25, -0.2) is 4.79 Å². The molecule has 0 spiro atoms. The van der Waals surface area contributed by atoms with Crippen LogP contribution >= 0.6 is 27.5 Å². The Bertz CT molecular complexity index is 495. The second kappa shape index (κ2) is 7.70. The quantitative estimate of drug-likeness (QED) is 0.765. The summed E-state index contributed by atoms with van der Waals surface area (Å²) in [5, 5.41) is 3.40. The number of benzene rings is 1. The number of hydrogen-bond acceptors (Lipinski definition) is 2. The third-order valence-electron chi connectivity index (χ3n) is 2.24. The van der Waals surface area contributed by atoms with Gasteiger partial charge >= 0.3 is 6.09 Å². The number of halogens is 2. The normalized spacial score (nSPS) is 11.7. The summed E-state index contributed by atoms with van der Waals surface area (Å²) in [7, 11) is 0. The number of amides is 1. The maximum atomic E-state index is 11.4. The highest BCUT2D eigenvalue weighted by molar-refractivity contribution is 9.10. The molecule has 0 saturated carbocycles. The van der Waals surface area contributed by atoms with Crippen molar-refractivity contribution in [3.8, 4) is 0 Å². The van der Waals surface area contributed by atoms with E-state index < -0.39 is 11.7 Å². The molecule has 0 atom stereocenters. The number of carbonyl (C=O) groups excluding carboxylic acids is 1. The van der Waals surface area contributed by atoms with E-state index in [9.17, 15) is 4.79 Å². The molecule has 0 unspecified atom stereocenters. The second-order valence-electron chi connectivity index (χ2n) is 5.29. The predicted molar refractivity (Wildman–Crippen MR) is 87.0 cm³/mol. The van der Waals surface area contributed by atoms with Crippen molar-refractivity contribution in [3.05, 3.63) is 39.3 Å². The summed E-state index contributed by atoms with van der Waals surface area (Å²) >= 11 is 9.32. The Kier molecular flexibility index (Phi) is 6.56. The summed E-state index contributed by atoms with van der Waals surface area (Å²) < 4.78 is 6.08. The molecule has 20 heavy (non-hydrogen) atoms. The molecule has 1 amide bonds. The van der Waals surface area contributed by atoms with Crippen molar-refractivity contribution >= 4 is 39.7 Å². The molecule has 1 aromatic carbocycles. The van der Waals surface area contributed by atoms with E-state index in [0.29, 0.717) is 11.6 Å². The molecule has 3 nitrogen and oxygen atoms in total. The molecule has 0 aliphatic carbocycles. The van der Waals surface area contributed by atoms with E-state index in [2.05, 4.69) is 21.2 Å². The van der Waals surface area contributed by atoms with Gasteiger partial charge in [-0.15, -0.1) is 0 Å². The Balaban J connectivity index is 2.34. The highest BCUT2D eigenvalue weighted by Crippen LogP contribution is 2.22. The predicted octanol–water partition coefficient (Wildman–Crippen LogP) is 5.03. The Labute approximate surface area is 133 Å². The van der Waals surface area contributed by atoms with Gasteiger partial charge in [0.25, 0.3) is 0 Å². The van der Waals surface area contributed by atoms with Crippen LogP contribution < -0.4 is 5.32 Å². The fraction of sp³-hybridized carbons (Fsp3) is 0.400. The van der Waals surface area contributed by atoms with Crippen molar-refractivity contribution in [1.29, 1.82) is 0 Å². The molecule has 110 valence electrons. The number of carbonyl (C=O) groups is 1. The van der Waals surface area contributed by atoms with Crippen molar-refractivity contribution in [1.82, 2.24) is 5.32 Å². The summed E-state index contributed by atoms with van der Waals surface area (Å²) in [4.78, 5) is 11.4. The standard InChI is InChI=1S/C15H19BrClNO2/c1-15(2,3)20-14(19)18-9-5-4-6-11-7-8-12(17)10-13(11)16/h4,6-8,10H,5,9H2,1-3H3,(H,18,19). The average Bonchev–Trinajstić information content (AvgIpc) is 2.28. The van der Waals surface area contributed by atoms with Gasteiger partial charge < -0.3 is 10.1 Å². The van der Waals surface area contributed by atoms with Crippen LogP contribution in [0.2, 0.25) is 5.02 Å². The van der Waals surface area contributed by atoms with E-state index in [1.165, 1.54) is 0 Å². The molecule has 1 N–H and O–H groups in total. The summed E-state index contributed by atoms with van der Waals surface area (Å²) in [6.45, 7) is 6.05. The molecule has 0 fully saturated rings. The van der Waals surface area contributed by atoms with Crippen LogP contribution in [0.5, 0.6) is 0 Å². The SMILES string of the molecule is CC(C)(C)OC(=O)NCCC=Cc1ccc(Cl)cc1Br. The first-order valence-electron chi connectivity index (χ1n) is 6.36. The minimum atomic E-state index is -0.464. The molecular weight excluding hydrogens is 342 g/mol. The molecule has 0 radical (unpaired) electrons. The van der Waals surface area contributed by atoms with Crippen molar-refractivity contribution in [3.63, 3.8) is 0 Å². The average molecular weight is 361 g/mol. The second-order valence-corrected chi connectivity index (χ2v) is 6.58. The molecule has 1 rings (SSSR count).